The summed E-state index contributed by atoms with van der Waals surface area (Å²) in [6, 6.07) is 2.18. The van der Waals surface area contributed by atoms with E-state index in [1.54, 1.807) is 0 Å². The molecule has 1 aromatic carbocycles. The molecular formula is C15H23N3O. The van der Waals surface area contributed by atoms with Crippen LogP contribution in [0.25, 0.3) is 0 Å². The zero-order chi connectivity index (χ0) is 14.0. The molecule has 2 rings (SSSR count). The Morgan fingerprint density at radius 1 is 1.11 bits per heavy atom. The van der Waals surface area contributed by atoms with Gasteiger partial charge in [0.15, 0.2) is 0 Å². The van der Waals surface area contributed by atoms with Crippen LogP contribution in [0.1, 0.15) is 22.3 Å². The van der Waals surface area contributed by atoms with Gasteiger partial charge in [-0.15, -0.1) is 0 Å². The van der Waals surface area contributed by atoms with Crippen molar-refractivity contribution in [3.63, 3.8) is 0 Å². The first-order chi connectivity index (χ1) is 9.00. The van der Waals surface area contributed by atoms with Crippen molar-refractivity contribution in [1.82, 2.24) is 10.2 Å². The normalized spacial score (nSPS) is 15.5. The molecule has 2 amide bonds. The van der Waals surface area contributed by atoms with Crippen LogP contribution in [0.5, 0.6) is 0 Å². The average molecular weight is 261 g/mol. The van der Waals surface area contributed by atoms with E-state index in [-0.39, 0.29) is 6.03 Å². The summed E-state index contributed by atoms with van der Waals surface area (Å²) in [5.41, 5.74) is 5.73. The summed E-state index contributed by atoms with van der Waals surface area (Å²) in [4.78, 5) is 14.1. The zero-order valence-corrected chi connectivity index (χ0v) is 12.3. The molecule has 1 heterocycles. The molecule has 1 saturated heterocycles. The van der Waals surface area contributed by atoms with E-state index in [2.05, 4.69) is 44.4 Å². The third kappa shape index (κ3) is 2.89. The molecule has 104 valence electrons. The molecule has 4 heteroatoms. The van der Waals surface area contributed by atoms with Gasteiger partial charge in [0.05, 0.1) is 0 Å². The lowest BCUT2D eigenvalue weighted by atomic mass is 9.99. The van der Waals surface area contributed by atoms with Gasteiger partial charge in [0.2, 0.25) is 0 Å². The lowest BCUT2D eigenvalue weighted by molar-refractivity contribution is 0.204. The smallest absolute Gasteiger partial charge is 0.321 e. The van der Waals surface area contributed by atoms with E-state index in [1.165, 1.54) is 11.1 Å². The first-order valence-electron chi connectivity index (χ1n) is 6.84. The lowest BCUT2D eigenvalue weighted by Crippen LogP contribution is -2.48. The lowest BCUT2D eigenvalue weighted by Gasteiger charge is -2.28. The third-order valence-electron chi connectivity index (χ3n) is 4.00. The Hall–Kier alpha value is -1.55. The quantitative estimate of drug-likeness (QED) is 0.815. The number of nitrogens with one attached hydrogen (secondary N) is 2. The Bertz CT molecular complexity index is 464. The van der Waals surface area contributed by atoms with Gasteiger partial charge < -0.3 is 15.5 Å². The number of piperazine rings is 1. The summed E-state index contributed by atoms with van der Waals surface area (Å²) < 4.78 is 0. The van der Waals surface area contributed by atoms with Crippen LogP contribution >= 0.6 is 0 Å². The largest absolute Gasteiger partial charge is 0.322 e. The summed E-state index contributed by atoms with van der Waals surface area (Å²) in [7, 11) is 0. The molecule has 1 aliphatic rings. The molecule has 0 atom stereocenters. The summed E-state index contributed by atoms with van der Waals surface area (Å²) in [6.07, 6.45) is 0. The minimum atomic E-state index is 0.0118. The number of hydrogen-bond donors (Lipinski definition) is 2. The van der Waals surface area contributed by atoms with Crippen LogP contribution in [-0.2, 0) is 0 Å². The fourth-order valence-electron chi connectivity index (χ4n) is 2.46. The molecule has 0 unspecified atom stereocenters. The predicted octanol–water partition coefficient (Wildman–Crippen LogP) is 2.36. The van der Waals surface area contributed by atoms with E-state index in [0.717, 1.165) is 43.0 Å². The van der Waals surface area contributed by atoms with Crippen LogP contribution < -0.4 is 10.6 Å². The number of carbonyl (C=O) groups is 1. The van der Waals surface area contributed by atoms with Gasteiger partial charge in [-0.25, -0.2) is 4.79 Å². The van der Waals surface area contributed by atoms with Gasteiger partial charge in [-0.3, -0.25) is 0 Å². The zero-order valence-electron chi connectivity index (χ0n) is 12.3. The Morgan fingerprint density at radius 2 is 1.63 bits per heavy atom. The number of hydrogen-bond acceptors (Lipinski definition) is 2. The van der Waals surface area contributed by atoms with Crippen molar-refractivity contribution < 1.29 is 4.79 Å². The van der Waals surface area contributed by atoms with Crippen molar-refractivity contribution >= 4 is 11.7 Å². The van der Waals surface area contributed by atoms with Gasteiger partial charge in [-0.2, -0.15) is 0 Å². The molecule has 0 aromatic heterocycles. The summed E-state index contributed by atoms with van der Waals surface area (Å²) >= 11 is 0. The first-order valence-corrected chi connectivity index (χ1v) is 6.84. The predicted molar refractivity (Wildman–Crippen MR) is 78.9 cm³/mol. The van der Waals surface area contributed by atoms with Crippen molar-refractivity contribution in [3.05, 3.63) is 28.3 Å². The molecule has 0 spiro atoms. The summed E-state index contributed by atoms with van der Waals surface area (Å²) in [5, 5.41) is 6.34. The fourth-order valence-corrected chi connectivity index (χ4v) is 2.46. The topological polar surface area (TPSA) is 44.4 Å². The third-order valence-corrected chi connectivity index (χ3v) is 4.00. The maximum absolute atomic E-state index is 12.3. The Kier molecular flexibility index (Phi) is 4.10. The average Bonchev–Trinajstić information content (AvgIpc) is 2.42. The molecule has 1 fully saturated rings. The van der Waals surface area contributed by atoms with E-state index in [9.17, 15) is 4.79 Å². The number of benzene rings is 1. The van der Waals surface area contributed by atoms with Gasteiger partial charge in [-0.1, -0.05) is 6.07 Å². The highest BCUT2D eigenvalue weighted by Crippen LogP contribution is 2.26. The van der Waals surface area contributed by atoms with E-state index in [1.807, 2.05) is 4.90 Å². The Balaban J connectivity index is 2.20. The van der Waals surface area contributed by atoms with Crippen LogP contribution in [-0.4, -0.2) is 37.1 Å². The van der Waals surface area contributed by atoms with Crippen LogP contribution in [0, 0.1) is 27.7 Å². The van der Waals surface area contributed by atoms with Crippen LogP contribution in [0.2, 0.25) is 0 Å². The number of carbonyl (C=O) groups excluding carboxylic acids is 1. The van der Waals surface area contributed by atoms with Crippen molar-refractivity contribution in [3.8, 4) is 0 Å². The monoisotopic (exact) mass is 261 g/mol. The van der Waals surface area contributed by atoms with E-state index in [4.69, 9.17) is 0 Å². The number of aryl methyl sites for hydroxylation is 2. The Labute approximate surface area is 115 Å². The fraction of sp³-hybridized carbons (Fsp3) is 0.533. The second-order valence-corrected chi connectivity index (χ2v) is 5.30. The molecule has 4 nitrogen and oxygen atoms in total. The van der Waals surface area contributed by atoms with E-state index >= 15 is 0 Å². The van der Waals surface area contributed by atoms with E-state index < -0.39 is 0 Å². The standard InChI is InChI=1S/C15H23N3O/c1-10-9-11(2)13(4)14(12(10)3)17-15(19)18-7-5-16-6-8-18/h9,16H,5-8H2,1-4H3,(H,17,19). The highest BCUT2D eigenvalue weighted by molar-refractivity contribution is 5.91. The minimum absolute atomic E-state index is 0.0118. The van der Waals surface area contributed by atoms with Gasteiger partial charge >= 0.3 is 6.03 Å². The highest BCUT2D eigenvalue weighted by Gasteiger charge is 2.18. The summed E-state index contributed by atoms with van der Waals surface area (Å²) in [6.45, 7) is 11.6. The van der Waals surface area contributed by atoms with Crippen molar-refractivity contribution in [2.24, 2.45) is 0 Å². The molecule has 0 bridgehead atoms. The molecule has 0 aliphatic carbocycles. The van der Waals surface area contributed by atoms with Crippen LogP contribution in [0.15, 0.2) is 6.07 Å². The molecule has 1 aromatic rings. The maximum atomic E-state index is 12.3. The maximum Gasteiger partial charge on any atom is 0.321 e. The van der Waals surface area contributed by atoms with Gasteiger partial charge in [-0.05, 0) is 49.9 Å². The number of rotatable bonds is 1. The molecule has 1 aliphatic heterocycles. The Morgan fingerprint density at radius 3 is 2.16 bits per heavy atom. The highest BCUT2D eigenvalue weighted by atomic mass is 16.2. The van der Waals surface area contributed by atoms with Gasteiger partial charge in [0.25, 0.3) is 0 Å². The SMILES string of the molecule is Cc1cc(C)c(C)c(NC(=O)N2CCNCC2)c1C. The number of anilines is 1. The van der Waals surface area contributed by atoms with Crippen molar-refractivity contribution in [2.45, 2.75) is 27.7 Å². The van der Waals surface area contributed by atoms with Gasteiger partial charge in [0, 0.05) is 31.9 Å². The van der Waals surface area contributed by atoms with E-state index in [0.29, 0.717) is 0 Å². The number of nitrogens with zero attached hydrogens (tertiary/aromatic N) is 1. The van der Waals surface area contributed by atoms with Crippen LogP contribution in [0.3, 0.4) is 0 Å². The molecular weight excluding hydrogens is 238 g/mol. The minimum Gasteiger partial charge on any atom is -0.322 e. The second-order valence-electron chi connectivity index (χ2n) is 5.30. The second kappa shape index (κ2) is 5.61. The number of amides is 2. The molecule has 2 N–H and O–H groups in total. The molecule has 0 saturated carbocycles. The molecule has 0 radical (unpaired) electrons. The molecule has 19 heavy (non-hydrogen) atoms. The number of urea groups is 1. The van der Waals surface area contributed by atoms with Crippen molar-refractivity contribution in [2.75, 3.05) is 31.5 Å². The van der Waals surface area contributed by atoms with Crippen molar-refractivity contribution in [1.29, 1.82) is 0 Å². The van der Waals surface area contributed by atoms with Crippen LogP contribution in [0.4, 0.5) is 10.5 Å². The first kappa shape index (κ1) is 13.9. The van der Waals surface area contributed by atoms with Gasteiger partial charge in [0.1, 0.15) is 0 Å². The summed E-state index contributed by atoms with van der Waals surface area (Å²) in [5.74, 6) is 0.